The minimum Gasteiger partial charge on any atom is -0.424 e. The molecule has 1 aromatic heterocycles. The van der Waals surface area contributed by atoms with Crippen LogP contribution < -0.4 is 5.32 Å². The van der Waals surface area contributed by atoms with Crippen molar-refractivity contribution in [2.24, 2.45) is 5.92 Å². The van der Waals surface area contributed by atoms with E-state index in [1.54, 1.807) is 0 Å². The predicted molar refractivity (Wildman–Crippen MR) is 75.9 cm³/mol. The Morgan fingerprint density at radius 1 is 1.21 bits per heavy atom. The van der Waals surface area contributed by atoms with E-state index in [-0.39, 0.29) is 6.04 Å². The van der Waals surface area contributed by atoms with Crippen LogP contribution in [0.3, 0.4) is 0 Å². The zero-order chi connectivity index (χ0) is 13.5. The Balaban J connectivity index is 1.89. The van der Waals surface area contributed by atoms with E-state index in [1.807, 2.05) is 0 Å². The molecule has 0 aromatic carbocycles. The Labute approximate surface area is 116 Å². The first kappa shape index (κ1) is 14.5. The third-order valence-corrected chi connectivity index (χ3v) is 4.02. The van der Waals surface area contributed by atoms with Gasteiger partial charge >= 0.3 is 0 Å². The van der Waals surface area contributed by atoms with Gasteiger partial charge in [0.15, 0.2) is 0 Å². The van der Waals surface area contributed by atoms with Crippen molar-refractivity contribution < 1.29 is 4.42 Å². The van der Waals surface area contributed by atoms with Crippen molar-refractivity contribution in [3.05, 3.63) is 11.8 Å². The molecule has 1 unspecified atom stereocenters. The SMILES string of the molecule is CCCNC(CC)c1nnc(CC2CCCCC2)o1. The lowest BCUT2D eigenvalue weighted by Gasteiger charge is -2.19. The number of nitrogens with one attached hydrogen (secondary N) is 1. The molecule has 1 aromatic rings. The van der Waals surface area contributed by atoms with Crippen LogP contribution in [0.4, 0.5) is 0 Å². The monoisotopic (exact) mass is 265 g/mol. The first-order chi connectivity index (χ1) is 9.33. The van der Waals surface area contributed by atoms with Crippen LogP contribution in [0, 0.1) is 5.92 Å². The lowest BCUT2D eigenvalue weighted by atomic mass is 9.87. The predicted octanol–water partition coefficient (Wildman–Crippen LogP) is 3.64. The number of rotatable bonds is 7. The number of hydrogen-bond acceptors (Lipinski definition) is 4. The molecule has 108 valence electrons. The summed E-state index contributed by atoms with van der Waals surface area (Å²) in [6, 6.07) is 0.215. The molecule has 1 atom stereocenters. The summed E-state index contributed by atoms with van der Waals surface area (Å²) in [5, 5.41) is 11.9. The Morgan fingerprint density at radius 2 is 2.00 bits per heavy atom. The molecule has 1 N–H and O–H groups in total. The Morgan fingerprint density at radius 3 is 2.68 bits per heavy atom. The third kappa shape index (κ3) is 4.30. The Kier molecular flexibility index (Phi) is 5.83. The minimum atomic E-state index is 0.215. The number of hydrogen-bond donors (Lipinski definition) is 1. The molecule has 0 amide bonds. The average molecular weight is 265 g/mol. The highest BCUT2D eigenvalue weighted by Gasteiger charge is 2.20. The van der Waals surface area contributed by atoms with Gasteiger partial charge in [-0.25, -0.2) is 0 Å². The first-order valence-electron chi connectivity index (χ1n) is 7.89. The van der Waals surface area contributed by atoms with Crippen molar-refractivity contribution in [1.29, 1.82) is 0 Å². The van der Waals surface area contributed by atoms with E-state index < -0.39 is 0 Å². The molecule has 0 spiro atoms. The number of aromatic nitrogens is 2. The van der Waals surface area contributed by atoms with E-state index in [0.717, 1.165) is 43.5 Å². The van der Waals surface area contributed by atoms with Gasteiger partial charge in [-0.1, -0.05) is 33.1 Å². The summed E-state index contributed by atoms with van der Waals surface area (Å²) in [6.45, 7) is 5.32. The van der Waals surface area contributed by atoms with Gasteiger partial charge in [0, 0.05) is 6.42 Å². The topological polar surface area (TPSA) is 51.0 Å². The van der Waals surface area contributed by atoms with Crippen molar-refractivity contribution in [3.8, 4) is 0 Å². The zero-order valence-electron chi connectivity index (χ0n) is 12.3. The van der Waals surface area contributed by atoms with Crippen molar-refractivity contribution in [3.63, 3.8) is 0 Å². The molecule has 1 aliphatic rings. The summed E-state index contributed by atoms with van der Waals surface area (Å²) in [4.78, 5) is 0. The van der Waals surface area contributed by atoms with Crippen LogP contribution in [-0.4, -0.2) is 16.7 Å². The van der Waals surface area contributed by atoms with Crippen LogP contribution in [0.25, 0.3) is 0 Å². The van der Waals surface area contributed by atoms with Crippen LogP contribution in [0.1, 0.15) is 76.6 Å². The van der Waals surface area contributed by atoms with Crippen LogP contribution in [0.2, 0.25) is 0 Å². The van der Waals surface area contributed by atoms with E-state index in [4.69, 9.17) is 4.42 Å². The van der Waals surface area contributed by atoms with E-state index in [1.165, 1.54) is 32.1 Å². The zero-order valence-corrected chi connectivity index (χ0v) is 12.3. The van der Waals surface area contributed by atoms with E-state index in [9.17, 15) is 0 Å². The fourth-order valence-corrected chi connectivity index (χ4v) is 2.85. The van der Waals surface area contributed by atoms with Gasteiger partial charge in [-0.05, 0) is 38.1 Å². The quantitative estimate of drug-likeness (QED) is 0.817. The lowest BCUT2D eigenvalue weighted by molar-refractivity contribution is 0.313. The Bertz CT molecular complexity index is 358. The molecule has 4 nitrogen and oxygen atoms in total. The summed E-state index contributed by atoms with van der Waals surface area (Å²) in [6.07, 6.45) is 9.85. The molecule has 19 heavy (non-hydrogen) atoms. The summed E-state index contributed by atoms with van der Waals surface area (Å²) in [5.74, 6) is 2.35. The van der Waals surface area contributed by atoms with Gasteiger partial charge in [0.2, 0.25) is 11.8 Å². The largest absolute Gasteiger partial charge is 0.424 e. The molecule has 0 aliphatic heterocycles. The Hall–Kier alpha value is -0.900. The second kappa shape index (κ2) is 7.63. The maximum Gasteiger partial charge on any atom is 0.233 e. The van der Waals surface area contributed by atoms with Gasteiger partial charge in [-0.2, -0.15) is 0 Å². The highest BCUT2D eigenvalue weighted by molar-refractivity contribution is 4.91. The first-order valence-corrected chi connectivity index (χ1v) is 7.89. The molecule has 1 aliphatic carbocycles. The van der Waals surface area contributed by atoms with Crippen molar-refractivity contribution >= 4 is 0 Å². The van der Waals surface area contributed by atoms with Gasteiger partial charge in [-0.15, -0.1) is 10.2 Å². The van der Waals surface area contributed by atoms with Gasteiger partial charge in [-0.3, -0.25) is 0 Å². The smallest absolute Gasteiger partial charge is 0.233 e. The van der Waals surface area contributed by atoms with Gasteiger partial charge in [0.25, 0.3) is 0 Å². The molecular weight excluding hydrogens is 238 g/mol. The van der Waals surface area contributed by atoms with Crippen LogP contribution in [-0.2, 0) is 6.42 Å². The minimum absolute atomic E-state index is 0.215. The van der Waals surface area contributed by atoms with E-state index >= 15 is 0 Å². The maximum atomic E-state index is 5.85. The van der Waals surface area contributed by atoms with Gasteiger partial charge in [0.1, 0.15) is 0 Å². The maximum absolute atomic E-state index is 5.85. The standard InChI is InChI=1S/C15H27N3O/c1-3-10-16-13(4-2)15-18-17-14(19-15)11-12-8-6-5-7-9-12/h12-13,16H,3-11H2,1-2H3. The fourth-order valence-electron chi connectivity index (χ4n) is 2.85. The second-order valence-electron chi connectivity index (χ2n) is 5.66. The highest BCUT2D eigenvalue weighted by Crippen LogP contribution is 2.27. The molecule has 4 heteroatoms. The molecule has 1 saturated carbocycles. The van der Waals surface area contributed by atoms with Crippen molar-refractivity contribution in [2.45, 2.75) is 71.3 Å². The highest BCUT2D eigenvalue weighted by atomic mass is 16.4. The summed E-state index contributed by atoms with van der Waals surface area (Å²) >= 11 is 0. The van der Waals surface area contributed by atoms with Gasteiger partial charge in [0.05, 0.1) is 6.04 Å². The van der Waals surface area contributed by atoms with Crippen LogP contribution in [0.5, 0.6) is 0 Å². The molecule has 1 fully saturated rings. The second-order valence-corrected chi connectivity index (χ2v) is 5.66. The summed E-state index contributed by atoms with van der Waals surface area (Å²) in [5.41, 5.74) is 0. The van der Waals surface area contributed by atoms with Gasteiger partial charge < -0.3 is 9.73 Å². The normalized spacial score (nSPS) is 18.6. The summed E-state index contributed by atoms with van der Waals surface area (Å²) < 4.78 is 5.85. The molecule has 2 rings (SSSR count). The molecule has 0 saturated heterocycles. The van der Waals surface area contributed by atoms with E-state index in [2.05, 4.69) is 29.4 Å². The fraction of sp³-hybridized carbons (Fsp3) is 0.867. The van der Waals surface area contributed by atoms with Crippen LogP contribution in [0.15, 0.2) is 4.42 Å². The van der Waals surface area contributed by atoms with Crippen LogP contribution >= 0.6 is 0 Å². The lowest BCUT2D eigenvalue weighted by Crippen LogP contribution is -2.21. The molecule has 1 heterocycles. The average Bonchev–Trinajstić information content (AvgIpc) is 2.89. The van der Waals surface area contributed by atoms with Crippen molar-refractivity contribution in [1.82, 2.24) is 15.5 Å². The molecule has 0 radical (unpaired) electrons. The summed E-state index contributed by atoms with van der Waals surface area (Å²) in [7, 11) is 0. The number of nitrogens with zero attached hydrogens (tertiary/aromatic N) is 2. The molecule has 0 bridgehead atoms. The van der Waals surface area contributed by atoms with Crippen molar-refractivity contribution in [2.75, 3.05) is 6.54 Å². The third-order valence-electron chi connectivity index (χ3n) is 4.02. The van der Waals surface area contributed by atoms with E-state index in [0.29, 0.717) is 0 Å². The molecular formula is C15H27N3O.